The van der Waals surface area contributed by atoms with Crippen molar-refractivity contribution in [2.24, 2.45) is 10.8 Å². The summed E-state index contributed by atoms with van der Waals surface area (Å²) in [4.78, 5) is 12.9. The molecular weight excluding hydrogens is 442 g/mol. The van der Waals surface area contributed by atoms with Crippen molar-refractivity contribution < 1.29 is 9.53 Å². The maximum atomic E-state index is 12.9. The molecule has 0 spiro atoms. The van der Waals surface area contributed by atoms with Crippen LogP contribution in [-0.4, -0.2) is 12.6 Å². The van der Waals surface area contributed by atoms with E-state index in [-0.39, 0.29) is 11.5 Å². The van der Waals surface area contributed by atoms with Gasteiger partial charge in [-0.15, -0.1) is 0 Å². The zero-order chi connectivity index (χ0) is 26.3. The molecule has 0 bridgehead atoms. The first kappa shape index (κ1) is 30.7. The highest BCUT2D eigenvalue weighted by Gasteiger charge is 2.36. The van der Waals surface area contributed by atoms with Crippen molar-refractivity contribution in [1.29, 1.82) is 0 Å². The number of carbonyl (C=O) groups excluding carboxylic acids is 1. The van der Waals surface area contributed by atoms with Gasteiger partial charge in [-0.05, 0) is 73.0 Å². The molecule has 1 aliphatic carbocycles. The standard InChI is InChI=1S/C33H57NO2/c1-6-8-10-12-14-16-20-28-21-18-23-30(29(28)22-17-15-13-11-9-7-2)36-31(35)34-27-33(5)25-19-24-32(3,4)26-33/h18,21,23H,6-17,19-20,22,24-27H2,1-5H3,(H,34,35). The molecule has 1 aliphatic rings. The highest BCUT2D eigenvalue weighted by atomic mass is 16.6. The fourth-order valence-corrected chi connectivity index (χ4v) is 6.30. The van der Waals surface area contributed by atoms with E-state index in [0.717, 1.165) is 25.0 Å². The molecule has 1 unspecified atom stereocenters. The number of ether oxygens (including phenoxy) is 1. The van der Waals surface area contributed by atoms with Crippen LogP contribution in [0.4, 0.5) is 4.79 Å². The van der Waals surface area contributed by atoms with E-state index < -0.39 is 0 Å². The topological polar surface area (TPSA) is 38.3 Å². The molecular formula is C33H57NO2. The molecule has 2 rings (SSSR count). The van der Waals surface area contributed by atoms with Gasteiger partial charge in [-0.2, -0.15) is 0 Å². The Hall–Kier alpha value is -1.51. The quantitative estimate of drug-likeness (QED) is 0.216. The molecule has 1 aromatic rings. The molecule has 36 heavy (non-hydrogen) atoms. The van der Waals surface area contributed by atoms with Gasteiger partial charge in [0.1, 0.15) is 5.75 Å². The fourth-order valence-electron chi connectivity index (χ4n) is 6.30. The first-order chi connectivity index (χ1) is 17.3. The minimum absolute atomic E-state index is 0.154. The lowest BCUT2D eigenvalue weighted by Gasteiger charge is -2.42. The molecule has 1 amide bonds. The highest BCUT2D eigenvalue weighted by molar-refractivity contribution is 5.71. The SMILES string of the molecule is CCCCCCCCc1cccc(OC(=O)NCC2(C)CCCC(C)(C)C2)c1CCCCCCCC. The van der Waals surface area contributed by atoms with E-state index in [9.17, 15) is 4.79 Å². The Bertz CT molecular complexity index is 756. The third-order valence-corrected chi connectivity index (χ3v) is 8.21. The van der Waals surface area contributed by atoms with Crippen LogP contribution in [0.5, 0.6) is 5.75 Å². The monoisotopic (exact) mass is 499 g/mol. The minimum Gasteiger partial charge on any atom is -0.410 e. The average molecular weight is 500 g/mol. The second kappa shape index (κ2) is 16.4. The molecule has 0 radical (unpaired) electrons. The molecule has 0 saturated heterocycles. The van der Waals surface area contributed by atoms with Gasteiger partial charge in [0.2, 0.25) is 0 Å². The molecule has 1 N–H and O–H groups in total. The molecule has 1 atom stereocenters. The zero-order valence-corrected chi connectivity index (χ0v) is 24.5. The molecule has 3 heteroatoms. The van der Waals surface area contributed by atoms with Crippen molar-refractivity contribution in [3.63, 3.8) is 0 Å². The number of hydrogen-bond donors (Lipinski definition) is 1. The van der Waals surface area contributed by atoms with Crippen molar-refractivity contribution in [2.45, 2.75) is 150 Å². The van der Waals surface area contributed by atoms with Crippen LogP contribution in [0.3, 0.4) is 0 Å². The molecule has 0 aromatic heterocycles. The van der Waals surface area contributed by atoms with Gasteiger partial charge < -0.3 is 10.1 Å². The lowest BCUT2D eigenvalue weighted by Crippen LogP contribution is -2.41. The maximum Gasteiger partial charge on any atom is 0.412 e. The summed E-state index contributed by atoms with van der Waals surface area (Å²) < 4.78 is 5.98. The number of rotatable bonds is 17. The predicted octanol–water partition coefficient (Wildman–Crippen LogP) is 10.2. The van der Waals surface area contributed by atoms with Crippen molar-refractivity contribution >= 4 is 6.09 Å². The number of hydrogen-bond acceptors (Lipinski definition) is 2. The molecule has 1 saturated carbocycles. The van der Waals surface area contributed by atoms with Gasteiger partial charge in [0.25, 0.3) is 0 Å². The summed E-state index contributed by atoms with van der Waals surface area (Å²) in [6.45, 7) is 12.3. The van der Waals surface area contributed by atoms with Gasteiger partial charge in [-0.3, -0.25) is 0 Å². The van der Waals surface area contributed by atoms with Crippen LogP contribution in [-0.2, 0) is 12.8 Å². The Balaban J connectivity index is 1.97. The smallest absolute Gasteiger partial charge is 0.410 e. The van der Waals surface area contributed by atoms with E-state index in [1.54, 1.807) is 0 Å². The summed E-state index contributed by atoms with van der Waals surface area (Å²) >= 11 is 0. The zero-order valence-electron chi connectivity index (χ0n) is 24.5. The van der Waals surface area contributed by atoms with Crippen LogP contribution < -0.4 is 10.1 Å². The summed E-state index contributed by atoms with van der Waals surface area (Å²) in [5.74, 6) is 0.777. The van der Waals surface area contributed by atoms with Gasteiger partial charge in [-0.25, -0.2) is 4.79 Å². The second-order valence-electron chi connectivity index (χ2n) is 12.7. The number of amides is 1. The normalized spacial score (nSPS) is 19.2. The van der Waals surface area contributed by atoms with Crippen molar-refractivity contribution in [2.75, 3.05) is 6.54 Å². The third kappa shape index (κ3) is 11.7. The Labute approximate surface area is 223 Å². The van der Waals surface area contributed by atoms with E-state index in [4.69, 9.17) is 4.74 Å². The molecule has 1 fully saturated rings. The predicted molar refractivity (Wildman–Crippen MR) is 155 cm³/mol. The Morgan fingerprint density at radius 3 is 2.08 bits per heavy atom. The largest absolute Gasteiger partial charge is 0.412 e. The first-order valence-corrected chi connectivity index (χ1v) is 15.3. The number of unbranched alkanes of at least 4 members (excludes halogenated alkanes) is 10. The van der Waals surface area contributed by atoms with E-state index in [2.05, 4.69) is 52.1 Å². The molecule has 0 heterocycles. The van der Waals surface area contributed by atoms with Crippen molar-refractivity contribution in [3.8, 4) is 5.75 Å². The van der Waals surface area contributed by atoms with Crippen molar-refractivity contribution in [3.05, 3.63) is 29.3 Å². The van der Waals surface area contributed by atoms with E-state index >= 15 is 0 Å². The van der Waals surface area contributed by atoms with Crippen LogP contribution in [0.1, 0.15) is 148 Å². The lowest BCUT2D eigenvalue weighted by atomic mass is 9.64. The Morgan fingerprint density at radius 2 is 1.44 bits per heavy atom. The van der Waals surface area contributed by atoms with E-state index in [1.165, 1.54) is 107 Å². The second-order valence-corrected chi connectivity index (χ2v) is 12.7. The summed E-state index contributed by atoms with van der Waals surface area (Å²) in [6, 6.07) is 6.33. The van der Waals surface area contributed by atoms with Crippen LogP contribution >= 0.6 is 0 Å². The summed E-state index contributed by atoms with van der Waals surface area (Å²) in [7, 11) is 0. The maximum absolute atomic E-state index is 12.9. The number of aryl methyl sites for hydroxylation is 1. The van der Waals surface area contributed by atoms with Crippen LogP contribution in [0.2, 0.25) is 0 Å². The first-order valence-electron chi connectivity index (χ1n) is 15.3. The fraction of sp³-hybridized carbons (Fsp3) is 0.788. The molecule has 0 aliphatic heterocycles. The molecule has 1 aromatic carbocycles. The Morgan fingerprint density at radius 1 is 0.833 bits per heavy atom. The van der Waals surface area contributed by atoms with E-state index in [1.807, 2.05) is 6.07 Å². The van der Waals surface area contributed by atoms with Crippen LogP contribution in [0.25, 0.3) is 0 Å². The van der Waals surface area contributed by atoms with Gasteiger partial charge >= 0.3 is 6.09 Å². The lowest BCUT2D eigenvalue weighted by molar-refractivity contribution is 0.0969. The van der Waals surface area contributed by atoms with Gasteiger partial charge in [0.15, 0.2) is 0 Å². The van der Waals surface area contributed by atoms with E-state index in [0.29, 0.717) is 12.0 Å². The summed E-state index contributed by atoms with van der Waals surface area (Å²) in [5, 5.41) is 3.13. The number of carbonyl (C=O) groups is 1. The van der Waals surface area contributed by atoms with Crippen LogP contribution in [0.15, 0.2) is 18.2 Å². The van der Waals surface area contributed by atoms with Gasteiger partial charge in [0.05, 0.1) is 0 Å². The summed E-state index contributed by atoms with van der Waals surface area (Å²) in [6.07, 6.45) is 22.1. The number of nitrogens with one attached hydrogen (secondary N) is 1. The van der Waals surface area contributed by atoms with Crippen LogP contribution in [0, 0.1) is 10.8 Å². The summed E-state index contributed by atoms with van der Waals surface area (Å²) in [5.41, 5.74) is 3.15. The Kier molecular flexibility index (Phi) is 14.0. The van der Waals surface area contributed by atoms with Gasteiger partial charge in [0, 0.05) is 6.54 Å². The average Bonchev–Trinajstić information content (AvgIpc) is 2.82. The minimum atomic E-state index is -0.291. The highest BCUT2D eigenvalue weighted by Crippen LogP contribution is 2.45. The van der Waals surface area contributed by atoms with Crippen molar-refractivity contribution in [1.82, 2.24) is 5.32 Å². The number of benzene rings is 1. The molecule has 3 nitrogen and oxygen atoms in total. The third-order valence-electron chi connectivity index (χ3n) is 8.21. The van der Waals surface area contributed by atoms with Gasteiger partial charge in [-0.1, -0.05) is 117 Å². The molecule has 206 valence electrons.